The highest BCUT2D eigenvalue weighted by molar-refractivity contribution is 7.10. The van der Waals surface area contributed by atoms with E-state index in [1.54, 1.807) is 0 Å². The van der Waals surface area contributed by atoms with E-state index in [4.69, 9.17) is 5.11 Å². The minimum absolute atomic E-state index is 0.0366. The van der Waals surface area contributed by atoms with Gasteiger partial charge in [-0.2, -0.15) is 0 Å². The van der Waals surface area contributed by atoms with Gasteiger partial charge in [-0.05, 0) is 31.2 Å². The van der Waals surface area contributed by atoms with E-state index in [2.05, 4.69) is 10.6 Å². The second-order valence-corrected chi connectivity index (χ2v) is 5.34. The third-order valence-corrected chi connectivity index (χ3v) is 3.67. The van der Waals surface area contributed by atoms with Crippen molar-refractivity contribution in [3.8, 4) is 0 Å². The molecular weight excluding hydrogens is 280 g/mol. The molecular formula is C13H18N2O4S. The second kappa shape index (κ2) is 8.31. The zero-order valence-corrected chi connectivity index (χ0v) is 12.0. The average molecular weight is 298 g/mol. The van der Waals surface area contributed by atoms with Crippen molar-refractivity contribution in [2.24, 2.45) is 0 Å². The Labute approximate surface area is 121 Å². The maximum Gasteiger partial charge on any atom is 0.321 e. The molecule has 0 aromatic carbocycles. The number of thiophene rings is 1. The minimum Gasteiger partial charge on any atom is -0.481 e. The van der Waals surface area contributed by atoms with Crippen LogP contribution in [-0.4, -0.2) is 23.0 Å². The molecule has 0 aliphatic rings. The Morgan fingerprint density at radius 2 is 2.00 bits per heavy atom. The van der Waals surface area contributed by atoms with Crippen LogP contribution >= 0.6 is 11.3 Å². The van der Waals surface area contributed by atoms with E-state index in [-0.39, 0.29) is 18.9 Å². The summed E-state index contributed by atoms with van der Waals surface area (Å²) < 4.78 is 0. The van der Waals surface area contributed by atoms with Gasteiger partial charge in [-0.3, -0.25) is 14.9 Å². The van der Waals surface area contributed by atoms with Crippen molar-refractivity contribution in [2.75, 3.05) is 0 Å². The number of rotatable bonds is 7. The van der Waals surface area contributed by atoms with Crippen molar-refractivity contribution >= 4 is 29.2 Å². The third-order valence-electron chi connectivity index (χ3n) is 2.61. The zero-order valence-electron chi connectivity index (χ0n) is 11.2. The van der Waals surface area contributed by atoms with Gasteiger partial charge in [-0.15, -0.1) is 11.3 Å². The van der Waals surface area contributed by atoms with Crippen LogP contribution in [-0.2, 0) is 9.59 Å². The van der Waals surface area contributed by atoms with Crippen LogP contribution in [0, 0.1) is 0 Å². The monoisotopic (exact) mass is 298 g/mol. The highest BCUT2D eigenvalue weighted by atomic mass is 32.1. The number of unbranched alkanes of at least 4 members (excludes halogenated alkanes) is 1. The quantitative estimate of drug-likeness (QED) is 0.673. The summed E-state index contributed by atoms with van der Waals surface area (Å²) in [6, 6.07) is 3.11. The normalized spacial score (nSPS) is 11.7. The molecule has 1 atom stereocenters. The predicted octanol–water partition coefficient (Wildman–Crippen LogP) is 2.28. The van der Waals surface area contributed by atoms with Gasteiger partial charge >= 0.3 is 12.0 Å². The smallest absolute Gasteiger partial charge is 0.321 e. The number of hydrogen-bond donors (Lipinski definition) is 3. The van der Waals surface area contributed by atoms with Crippen molar-refractivity contribution in [3.05, 3.63) is 22.4 Å². The molecule has 0 aliphatic heterocycles. The van der Waals surface area contributed by atoms with Crippen LogP contribution in [0.3, 0.4) is 0 Å². The first-order valence-electron chi connectivity index (χ1n) is 6.34. The molecule has 6 nitrogen and oxygen atoms in total. The molecule has 0 radical (unpaired) electrons. The molecule has 7 heteroatoms. The maximum absolute atomic E-state index is 11.6. The first kappa shape index (κ1) is 16.2. The van der Waals surface area contributed by atoms with Crippen LogP contribution in [0.15, 0.2) is 17.5 Å². The Hall–Kier alpha value is -1.89. The fourth-order valence-corrected chi connectivity index (χ4v) is 2.33. The molecule has 0 saturated heterocycles. The molecule has 0 saturated carbocycles. The summed E-state index contributed by atoms with van der Waals surface area (Å²) in [7, 11) is 0. The SMILES string of the molecule is CC(NC(=O)NC(=O)CCCCC(=O)O)c1cccs1. The Kier molecular flexibility index (Phi) is 6.72. The first-order valence-corrected chi connectivity index (χ1v) is 7.22. The molecule has 20 heavy (non-hydrogen) atoms. The Morgan fingerprint density at radius 1 is 1.30 bits per heavy atom. The number of carbonyl (C=O) groups excluding carboxylic acids is 2. The molecule has 1 aromatic heterocycles. The Bertz CT molecular complexity index is 459. The van der Waals surface area contributed by atoms with Crippen molar-refractivity contribution in [2.45, 2.75) is 38.6 Å². The molecule has 0 bridgehead atoms. The van der Waals surface area contributed by atoms with Gasteiger partial charge in [0.25, 0.3) is 0 Å². The lowest BCUT2D eigenvalue weighted by atomic mass is 10.2. The number of imide groups is 1. The van der Waals surface area contributed by atoms with Gasteiger partial charge < -0.3 is 10.4 Å². The van der Waals surface area contributed by atoms with Gasteiger partial charge in [0.2, 0.25) is 5.91 Å². The van der Waals surface area contributed by atoms with E-state index in [9.17, 15) is 14.4 Å². The number of carboxylic acid groups (broad SMARTS) is 1. The lowest BCUT2D eigenvalue weighted by Crippen LogP contribution is -2.40. The summed E-state index contributed by atoms with van der Waals surface area (Å²) >= 11 is 1.53. The second-order valence-electron chi connectivity index (χ2n) is 4.36. The highest BCUT2D eigenvalue weighted by Gasteiger charge is 2.12. The van der Waals surface area contributed by atoms with Gasteiger partial charge in [0, 0.05) is 17.7 Å². The lowest BCUT2D eigenvalue weighted by Gasteiger charge is -2.12. The van der Waals surface area contributed by atoms with Crippen molar-refractivity contribution < 1.29 is 19.5 Å². The molecule has 0 spiro atoms. The largest absolute Gasteiger partial charge is 0.481 e. The fourth-order valence-electron chi connectivity index (χ4n) is 1.59. The van der Waals surface area contributed by atoms with Crippen LogP contribution in [0.4, 0.5) is 4.79 Å². The topological polar surface area (TPSA) is 95.5 Å². The summed E-state index contributed by atoms with van der Waals surface area (Å²) in [6.07, 6.45) is 1.06. The number of carboxylic acids is 1. The Balaban J connectivity index is 2.21. The van der Waals surface area contributed by atoms with Crippen molar-refractivity contribution in [1.29, 1.82) is 0 Å². The number of urea groups is 1. The van der Waals surface area contributed by atoms with E-state index in [0.717, 1.165) is 4.88 Å². The third kappa shape index (κ3) is 6.33. The highest BCUT2D eigenvalue weighted by Crippen LogP contribution is 2.17. The number of carbonyl (C=O) groups is 3. The lowest BCUT2D eigenvalue weighted by molar-refractivity contribution is -0.137. The van der Waals surface area contributed by atoms with Crippen molar-refractivity contribution in [3.63, 3.8) is 0 Å². The molecule has 1 unspecified atom stereocenters. The van der Waals surface area contributed by atoms with Crippen LogP contribution < -0.4 is 10.6 Å². The summed E-state index contributed by atoms with van der Waals surface area (Å²) in [5, 5.41) is 15.3. The molecule has 0 aliphatic carbocycles. The van der Waals surface area contributed by atoms with Crippen LogP contribution in [0.2, 0.25) is 0 Å². The van der Waals surface area contributed by atoms with Gasteiger partial charge in [-0.25, -0.2) is 4.79 Å². The van der Waals surface area contributed by atoms with Crippen LogP contribution in [0.25, 0.3) is 0 Å². The molecule has 1 aromatic rings. The van der Waals surface area contributed by atoms with Crippen molar-refractivity contribution in [1.82, 2.24) is 10.6 Å². The van der Waals surface area contributed by atoms with Crippen LogP contribution in [0.5, 0.6) is 0 Å². The average Bonchev–Trinajstić information content (AvgIpc) is 2.88. The van der Waals surface area contributed by atoms with Gasteiger partial charge in [0.1, 0.15) is 0 Å². The number of aliphatic carboxylic acids is 1. The maximum atomic E-state index is 11.6. The van der Waals surface area contributed by atoms with E-state index >= 15 is 0 Å². The summed E-state index contributed by atoms with van der Waals surface area (Å²) in [6.45, 7) is 1.84. The molecule has 110 valence electrons. The minimum atomic E-state index is -0.882. The first-order chi connectivity index (χ1) is 9.49. The van der Waals surface area contributed by atoms with E-state index < -0.39 is 17.9 Å². The van der Waals surface area contributed by atoms with Gasteiger partial charge in [-0.1, -0.05) is 6.07 Å². The fraction of sp³-hybridized carbons (Fsp3) is 0.462. The summed E-state index contributed by atoms with van der Waals surface area (Å²) in [4.78, 5) is 34.3. The molecule has 3 amide bonds. The number of amides is 3. The van der Waals surface area contributed by atoms with E-state index in [1.807, 2.05) is 24.4 Å². The van der Waals surface area contributed by atoms with E-state index in [0.29, 0.717) is 12.8 Å². The summed E-state index contributed by atoms with van der Waals surface area (Å²) in [5.41, 5.74) is 0. The number of nitrogens with one attached hydrogen (secondary N) is 2. The van der Waals surface area contributed by atoms with Crippen LogP contribution in [0.1, 0.15) is 43.5 Å². The van der Waals surface area contributed by atoms with Gasteiger partial charge in [0.05, 0.1) is 6.04 Å². The number of hydrogen-bond acceptors (Lipinski definition) is 4. The molecule has 0 fully saturated rings. The molecule has 1 heterocycles. The van der Waals surface area contributed by atoms with Gasteiger partial charge in [0.15, 0.2) is 0 Å². The predicted molar refractivity (Wildman–Crippen MR) is 75.5 cm³/mol. The molecule has 3 N–H and O–H groups in total. The zero-order chi connectivity index (χ0) is 15.0. The van der Waals surface area contributed by atoms with E-state index in [1.165, 1.54) is 11.3 Å². The summed E-state index contributed by atoms with van der Waals surface area (Å²) in [5.74, 6) is -1.28. The molecule has 1 rings (SSSR count). The standard InChI is InChI=1S/C13H18N2O4S/c1-9(10-5-4-8-20-10)14-13(19)15-11(16)6-2-3-7-12(17)18/h4-5,8-9H,2-3,6-7H2,1H3,(H,17,18)(H2,14,15,16,19). The Morgan fingerprint density at radius 3 is 2.60 bits per heavy atom.